The van der Waals surface area contributed by atoms with Gasteiger partial charge in [-0.25, -0.2) is 0 Å². The molecule has 2 rings (SSSR count). The van der Waals surface area contributed by atoms with Gasteiger partial charge in [0, 0.05) is 16.8 Å². The fourth-order valence-electron chi connectivity index (χ4n) is 1.73. The SMILES string of the molecule is CC(C)(C)C(=O)Nc1cccc(NC(=S)NC(=O)c2ccco2)c1. The molecule has 0 saturated heterocycles. The zero-order valence-electron chi connectivity index (χ0n) is 13.7. The molecule has 0 saturated carbocycles. The van der Waals surface area contributed by atoms with Gasteiger partial charge in [0.1, 0.15) is 0 Å². The van der Waals surface area contributed by atoms with Crippen molar-refractivity contribution in [2.45, 2.75) is 20.8 Å². The van der Waals surface area contributed by atoms with Gasteiger partial charge in [-0.05, 0) is 42.5 Å². The van der Waals surface area contributed by atoms with Gasteiger partial charge in [0.2, 0.25) is 5.91 Å². The molecule has 0 atom stereocenters. The Bertz CT molecular complexity index is 749. The molecule has 0 fully saturated rings. The van der Waals surface area contributed by atoms with Crippen molar-refractivity contribution in [3.63, 3.8) is 0 Å². The Morgan fingerprint density at radius 1 is 1.04 bits per heavy atom. The van der Waals surface area contributed by atoms with Crippen molar-refractivity contribution in [2.24, 2.45) is 5.41 Å². The number of nitrogens with one attached hydrogen (secondary N) is 3. The van der Waals surface area contributed by atoms with Gasteiger partial charge in [0.15, 0.2) is 10.9 Å². The summed E-state index contributed by atoms with van der Waals surface area (Å²) in [6, 6.07) is 10.2. The third-order valence-corrected chi connectivity index (χ3v) is 3.24. The normalized spacial score (nSPS) is 10.8. The average molecular weight is 345 g/mol. The first-order valence-corrected chi connectivity index (χ1v) is 7.74. The number of thiocarbonyl (C=S) groups is 1. The van der Waals surface area contributed by atoms with Crippen LogP contribution >= 0.6 is 12.2 Å². The monoisotopic (exact) mass is 345 g/mol. The summed E-state index contributed by atoms with van der Waals surface area (Å²) in [6.45, 7) is 5.51. The minimum atomic E-state index is -0.490. The van der Waals surface area contributed by atoms with Crippen LogP contribution in [0.25, 0.3) is 0 Å². The lowest BCUT2D eigenvalue weighted by atomic mass is 9.95. The maximum Gasteiger partial charge on any atom is 0.293 e. The molecule has 126 valence electrons. The summed E-state index contributed by atoms with van der Waals surface area (Å²) in [7, 11) is 0. The van der Waals surface area contributed by atoms with Gasteiger partial charge in [-0.3, -0.25) is 14.9 Å². The maximum atomic E-state index is 12.0. The Morgan fingerprint density at radius 3 is 2.29 bits per heavy atom. The van der Waals surface area contributed by atoms with Crippen LogP contribution in [0.5, 0.6) is 0 Å². The first-order valence-electron chi connectivity index (χ1n) is 7.33. The van der Waals surface area contributed by atoms with Crippen LogP contribution in [0, 0.1) is 5.41 Å². The van der Waals surface area contributed by atoms with E-state index in [-0.39, 0.29) is 16.8 Å². The second kappa shape index (κ2) is 7.27. The predicted molar refractivity (Wildman–Crippen MR) is 96.9 cm³/mol. The summed E-state index contributed by atoms with van der Waals surface area (Å²) in [5, 5.41) is 8.38. The Labute approximate surface area is 145 Å². The quantitative estimate of drug-likeness (QED) is 0.743. The van der Waals surface area contributed by atoms with Crippen LogP contribution in [-0.2, 0) is 4.79 Å². The molecule has 7 heteroatoms. The van der Waals surface area contributed by atoms with Gasteiger partial charge in [-0.2, -0.15) is 0 Å². The number of carbonyl (C=O) groups is 2. The zero-order valence-corrected chi connectivity index (χ0v) is 14.5. The van der Waals surface area contributed by atoms with E-state index in [4.69, 9.17) is 16.6 Å². The first kappa shape index (κ1) is 17.7. The van der Waals surface area contributed by atoms with Gasteiger partial charge in [-0.15, -0.1) is 0 Å². The average Bonchev–Trinajstić information content (AvgIpc) is 3.00. The van der Waals surface area contributed by atoms with Gasteiger partial charge in [-0.1, -0.05) is 26.8 Å². The fraction of sp³-hybridized carbons (Fsp3) is 0.235. The summed E-state index contributed by atoms with van der Waals surface area (Å²) >= 11 is 5.10. The third kappa shape index (κ3) is 4.92. The molecule has 0 aliphatic heterocycles. The van der Waals surface area contributed by atoms with Crippen LogP contribution < -0.4 is 16.0 Å². The molecule has 0 bridgehead atoms. The molecular weight excluding hydrogens is 326 g/mol. The summed E-state index contributed by atoms with van der Waals surface area (Å²) < 4.78 is 4.99. The van der Waals surface area contributed by atoms with E-state index in [1.54, 1.807) is 36.4 Å². The molecule has 0 unspecified atom stereocenters. The largest absolute Gasteiger partial charge is 0.459 e. The Morgan fingerprint density at radius 2 is 1.71 bits per heavy atom. The molecule has 24 heavy (non-hydrogen) atoms. The highest BCUT2D eigenvalue weighted by Gasteiger charge is 2.21. The van der Waals surface area contributed by atoms with E-state index in [9.17, 15) is 9.59 Å². The lowest BCUT2D eigenvalue weighted by molar-refractivity contribution is -0.123. The number of carbonyl (C=O) groups excluding carboxylic acids is 2. The first-order chi connectivity index (χ1) is 11.3. The number of hydrogen-bond acceptors (Lipinski definition) is 4. The topological polar surface area (TPSA) is 83.4 Å². The second-order valence-electron chi connectivity index (χ2n) is 6.17. The van der Waals surface area contributed by atoms with E-state index in [2.05, 4.69) is 16.0 Å². The molecular formula is C17H19N3O3S. The highest BCUT2D eigenvalue weighted by molar-refractivity contribution is 7.80. The molecule has 2 amide bonds. The van der Waals surface area contributed by atoms with Gasteiger partial charge < -0.3 is 15.1 Å². The molecule has 0 radical (unpaired) electrons. The Balaban J connectivity index is 1.97. The van der Waals surface area contributed by atoms with Crippen LogP contribution in [0.4, 0.5) is 11.4 Å². The number of rotatable bonds is 3. The third-order valence-electron chi connectivity index (χ3n) is 3.03. The predicted octanol–water partition coefficient (Wildman–Crippen LogP) is 3.39. The molecule has 2 aromatic rings. The molecule has 0 spiro atoms. The number of anilines is 2. The standard InChI is InChI=1S/C17H19N3O3S/c1-17(2,3)15(22)18-11-6-4-7-12(10-11)19-16(24)20-14(21)13-8-5-9-23-13/h4-10H,1-3H3,(H,18,22)(H2,19,20,21,24). The molecule has 1 heterocycles. The molecule has 1 aromatic carbocycles. The number of amides is 2. The van der Waals surface area contributed by atoms with Gasteiger partial charge in [0.05, 0.1) is 6.26 Å². The Kier molecular flexibility index (Phi) is 5.35. The smallest absolute Gasteiger partial charge is 0.293 e. The van der Waals surface area contributed by atoms with Crippen molar-refractivity contribution in [3.05, 3.63) is 48.4 Å². The van der Waals surface area contributed by atoms with Crippen molar-refractivity contribution in [3.8, 4) is 0 Å². The molecule has 1 aromatic heterocycles. The number of furan rings is 1. The molecule has 3 N–H and O–H groups in total. The molecule has 0 aliphatic carbocycles. The summed E-state index contributed by atoms with van der Waals surface area (Å²) in [6.07, 6.45) is 1.41. The minimum Gasteiger partial charge on any atom is -0.459 e. The van der Waals surface area contributed by atoms with Crippen LogP contribution in [0.1, 0.15) is 31.3 Å². The van der Waals surface area contributed by atoms with Gasteiger partial charge >= 0.3 is 0 Å². The van der Waals surface area contributed by atoms with Gasteiger partial charge in [0.25, 0.3) is 5.91 Å². The van der Waals surface area contributed by atoms with Crippen LogP contribution in [0.3, 0.4) is 0 Å². The fourth-order valence-corrected chi connectivity index (χ4v) is 1.94. The van der Waals surface area contributed by atoms with Crippen LogP contribution in [-0.4, -0.2) is 16.9 Å². The molecule has 0 aliphatic rings. The van der Waals surface area contributed by atoms with Crippen LogP contribution in [0.15, 0.2) is 47.1 Å². The minimum absolute atomic E-state index is 0.0895. The maximum absolute atomic E-state index is 12.0. The number of hydrogen-bond donors (Lipinski definition) is 3. The van der Waals surface area contributed by atoms with Crippen molar-refractivity contribution in [2.75, 3.05) is 10.6 Å². The summed E-state index contributed by atoms with van der Waals surface area (Å²) in [5.74, 6) is -0.353. The highest BCUT2D eigenvalue weighted by Crippen LogP contribution is 2.20. The highest BCUT2D eigenvalue weighted by atomic mass is 32.1. The second-order valence-corrected chi connectivity index (χ2v) is 6.58. The van der Waals surface area contributed by atoms with Crippen molar-refractivity contribution in [1.29, 1.82) is 0 Å². The van der Waals surface area contributed by atoms with E-state index in [1.165, 1.54) is 6.26 Å². The van der Waals surface area contributed by atoms with Crippen molar-refractivity contribution < 1.29 is 14.0 Å². The lowest BCUT2D eigenvalue weighted by Crippen LogP contribution is -2.33. The lowest BCUT2D eigenvalue weighted by Gasteiger charge is -2.18. The van der Waals surface area contributed by atoms with E-state index >= 15 is 0 Å². The van der Waals surface area contributed by atoms with E-state index in [0.717, 1.165) is 0 Å². The summed E-state index contributed by atoms with van der Waals surface area (Å²) in [4.78, 5) is 23.9. The van der Waals surface area contributed by atoms with E-state index in [0.29, 0.717) is 11.4 Å². The van der Waals surface area contributed by atoms with Crippen molar-refractivity contribution in [1.82, 2.24) is 5.32 Å². The summed E-state index contributed by atoms with van der Waals surface area (Å²) in [5.41, 5.74) is 0.794. The Hall–Kier alpha value is -2.67. The van der Waals surface area contributed by atoms with E-state index < -0.39 is 11.3 Å². The van der Waals surface area contributed by atoms with E-state index in [1.807, 2.05) is 20.8 Å². The van der Waals surface area contributed by atoms with Crippen LogP contribution in [0.2, 0.25) is 0 Å². The molecule has 6 nitrogen and oxygen atoms in total. The number of benzene rings is 1. The van der Waals surface area contributed by atoms with Crippen molar-refractivity contribution >= 4 is 40.5 Å². The zero-order chi connectivity index (χ0) is 17.7.